The van der Waals surface area contributed by atoms with Crippen molar-refractivity contribution in [2.45, 2.75) is 32.0 Å². The van der Waals surface area contributed by atoms with Crippen LogP contribution in [0.2, 0.25) is 5.02 Å². The second kappa shape index (κ2) is 10.8. The zero-order valence-electron chi connectivity index (χ0n) is 18.2. The van der Waals surface area contributed by atoms with Gasteiger partial charge in [-0.15, -0.1) is 0 Å². The summed E-state index contributed by atoms with van der Waals surface area (Å²) in [6, 6.07) is 16.6. The van der Waals surface area contributed by atoms with Crippen molar-refractivity contribution in [1.82, 2.24) is 9.88 Å². The van der Waals surface area contributed by atoms with Crippen molar-refractivity contribution in [3.05, 3.63) is 98.4 Å². The van der Waals surface area contributed by atoms with Crippen LogP contribution < -0.4 is 15.6 Å². The van der Waals surface area contributed by atoms with E-state index in [1.54, 1.807) is 16.8 Å². The summed E-state index contributed by atoms with van der Waals surface area (Å²) in [4.78, 5) is 12.7. The third-order valence-corrected chi connectivity index (χ3v) is 5.99. The van der Waals surface area contributed by atoms with Gasteiger partial charge in [0.1, 0.15) is 12.4 Å². The Morgan fingerprint density at radius 1 is 1.00 bits per heavy atom. The number of nitrogens with one attached hydrogen (secondary N) is 1. The number of ether oxygens (including phenoxy) is 1. The predicted molar refractivity (Wildman–Crippen MR) is 130 cm³/mol. The summed E-state index contributed by atoms with van der Waals surface area (Å²) in [5.41, 5.74) is 5.21. The number of aliphatic hydroxyl groups is 2. The molecule has 0 saturated carbocycles. The van der Waals surface area contributed by atoms with Gasteiger partial charge >= 0.3 is 0 Å². The summed E-state index contributed by atoms with van der Waals surface area (Å²) in [5.74, 6) is 0.532. The molecule has 0 fully saturated rings. The lowest BCUT2D eigenvalue weighted by Gasteiger charge is -2.20. The Balaban J connectivity index is 1.44. The number of allylic oxidation sites excluding steroid dienone is 1. The quantitative estimate of drug-likeness (QED) is 0.450. The van der Waals surface area contributed by atoms with Gasteiger partial charge in [0, 0.05) is 29.5 Å². The Hall–Kier alpha value is -2.90. The molecule has 0 saturated heterocycles. The van der Waals surface area contributed by atoms with Crippen LogP contribution in [0.5, 0.6) is 5.75 Å². The summed E-state index contributed by atoms with van der Waals surface area (Å²) in [7, 11) is 0. The molecule has 3 N–H and O–H groups in total. The van der Waals surface area contributed by atoms with Crippen molar-refractivity contribution in [3.8, 4) is 5.75 Å². The highest BCUT2D eigenvalue weighted by Gasteiger charge is 2.14. The van der Waals surface area contributed by atoms with E-state index in [4.69, 9.17) is 16.3 Å². The molecule has 1 aromatic heterocycles. The summed E-state index contributed by atoms with van der Waals surface area (Å²) in [6.07, 6.45) is 5.40. The molecule has 0 aliphatic heterocycles. The number of halogens is 1. The second-order valence-corrected chi connectivity index (χ2v) is 8.53. The zero-order chi connectivity index (χ0) is 23.2. The molecule has 7 heteroatoms. The number of aromatic nitrogens is 1. The van der Waals surface area contributed by atoms with Crippen LogP contribution >= 0.6 is 11.6 Å². The molecule has 1 heterocycles. The molecular weight excluding hydrogens is 440 g/mol. The van der Waals surface area contributed by atoms with Crippen molar-refractivity contribution < 1.29 is 14.9 Å². The van der Waals surface area contributed by atoms with Crippen LogP contribution in [0.25, 0.3) is 11.8 Å². The van der Waals surface area contributed by atoms with Gasteiger partial charge in [0.2, 0.25) is 0 Å². The van der Waals surface area contributed by atoms with Crippen molar-refractivity contribution in [2.24, 2.45) is 0 Å². The molecule has 3 aromatic rings. The number of benzene rings is 2. The van der Waals surface area contributed by atoms with Gasteiger partial charge < -0.3 is 20.3 Å². The molecule has 172 valence electrons. The first-order chi connectivity index (χ1) is 16.1. The van der Waals surface area contributed by atoms with Crippen LogP contribution in [0.1, 0.15) is 28.7 Å². The number of aryl methyl sites for hydroxylation is 1. The molecule has 33 heavy (non-hydrogen) atoms. The average molecular weight is 467 g/mol. The third-order valence-electron chi connectivity index (χ3n) is 5.73. The van der Waals surface area contributed by atoms with E-state index in [0.717, 1.165) is 35.2 Å². The minimum Gasteiger partial charge on any atom is -0.489 e. The normalized spacial score (nSPS) is 13.0. The number of fused-ring (bicyclic) bond motifs is 1. The maximum Gasteiger partial charge on any atom is 0.258 e. The third kappa shape index (κ3) is 5.92. The molecule has 0 bridgehead atoms. The van der Waals surface area contributed by atoms with Crippen molar-refractivity contribution in [1.29, 1.82) is 0 Å². The van der Waals surface area contributed by atoms with E-state index in [2.05, 4.69) is 17.5 Å². The van der Waals surface area contributed by atoms with E-state index < -0.39 is 0 Å². The fraction of sp³-hybridized carbons (Fsp3) is 0.269. The number of rotatable bonds is 9. The van der Waals surface area contributed by atoms with Gasteiger partial charge in [0.25, 0.3) is 5.56 Å². The topological polar surface area (TPSA) is 83.7 Å². The van der Waals surface area contributed by atoms with Crippen LogP contribution in [0.3, 0.4) is 0 Å². The van der Waals surface area contributed by atoms with Gasteiger partial charge in [-0.25, -0.2) is 0 Å². The van der Waals surface area contributed by atoms with E-state index in [0.29, 0.717) is 23.9 Å². The Morgan fingerprint density at radius 3 is 2.48 bits per heavy atom. The fourth-order valence-electron chi connectivity index (χ4n) is 3.81. The molecule has 0 atom stereocenters. The lowest BCUT2D eigenvalue weighted by atomic mass is 9.93. The Bertz CT molecular complexity index is 1180. The lowest BCUT2D eigenvalue weighted by molar-refractivity contribution is 0.170. The highest BCUT2D eigenvalue weighted by molar-refractivity contribution is 6.30. The highest BCUT2D eigenvalue weighted by Crippen LogP contribution is 2.27. The van der Waals surface area contributed by atoms with Gasteiger partial charge in [-0.2, -0.15) is 0 Å². The first kappa shape index (κ1) is 23.3. The van der Waals surface area contributed by atoms with E-state index in [9.17, 15) is 15.0 Å². The molecule has 0 spiro atoms. The number of hydrogen-bond acceptors (Lipinski definition) is 5. The SMILES string of the molecule is O=c1cc(OCc2ccc(Cl)cc2)ccn1C1=Cc2ccc(CNC(CO)CO)cc2CC1. The van der Waals surface area contributed by atoms with Crippen LogP contribution in [0.4, 0.5) is 0 Å². The van der Waals surface area contributed by atoms with Crippen LogP contribution in [-0.4, -0.2) is 34.0 Å². The van der Waals surface area contributed by atoms with Crippen LogP contribution in [0, 0.1) is 0 Å². The first-order valence-corrected chi connectivity index (χ1v) is 11.3. The van der Waals surface area contributed by atoms with Gasteiger partial charge in [0.15, 0.2) is 0 Å². The Morgan fingerprint density at radius 2 is 1.76 bits per heavy atom. The van der Waals surface area contributed by atoms with E-state index in [-0.39, 0.29) is 24.8 Å². The first-order valence-electron chi connectivity index (χ1n) is 10.9. The molecule has 4 rings (SSSR count). The molecule has 0 radical (unpaired) electrons. The minimum absolute atomic E-state index is 0.104. The number of nitrogens with zero attached hydrogens (tertiary/aromatic N) is 1. The van der Waals surface area contributed by atoms with E-state index >= 15 is 0 Å². The van der Waals surface area contributed by atoms with Gasteiger partial charge in [-0.05, 0) is 59.4 Å². The number of pyridine rings is 1. The Labute approximate surface area is 197 Å². The smallest absolute Gasteiger partial charge is 0.258 e. The number of hydrogen-bond donors (Lipinski definition) is 3. The summed E-state index contributed by atoms with van der Waals surface area (Å²) < 4.78 is 7.43. The maximum atomic E-state index is 12.7. The van der Waals surface area contributed by atoms with E-state index in [1.807, 2.05) is 36.4 Å². The van der Waals surface area contributed by atoms with Gasteiger partial charge in [0.05, 0.1) is 19.3 Å². The molecule has 1 aliphatic carbocycles. The van der Waals surface area contributed by atoms with Gasteiger partial charge in [-0.1, -0.05) is 41.9 Å². The second-order valence-electron chi connectivity index (χ2n) is 8.10. The molecule has 2 aromatic carbocycles. The highest BCUT2D eigenvalue weighted by atomic mass is 35.5. The van der Waals surface area contributed by atoms with Crippen LogP contribution in [-0.2, 0) is 19.6 Å². The standard InChI is InChI=1S/C26H27ClN2O4/c27-22-6-2-18(3-7-22)17-33-25-9-10-29(26(32)13-25)24-8-5-20-11-19(1-4-21(20)12-24)14-28-23(15-30)16-31/h1-4,6-7,9-13,23,28,30-31H,5,8,14-17H2. The van der Waals surface area contributed by atoms with Crippen LogP contribution in [0.15, 0.2) is 65.6 Å². The molecular formula is C26H27ClN2O4. The summed E-state index contributed by atoms with van der Waals surface area (Å²) in [6.45, 7) is 0.734. The Kier molecular flexibility index (Phi) is 7.62. The van der Waals surface area contributed by atoms with E-state index in [1.165, 1.54) is 11.6 Å². The van der Waals surface area contributed by atoms with Crippen molar-refractivity contribution in [3.63, 3.8) is 0 Å². The van der Waals surface area contributed by atoms with Crippen molar-refractivity contribution >= 4 is 23.4 Å². The average Bonchev–Trinajstić information content (AvgIpc) is 2.84. The lowest BCUT2D eigenvalue weighted by Crippen LogP contribution is -2.35. The molecule has 1 aliphatic rings. The zero-order valence-corrected chi connectivity index (χ0v) is 19.0. The van der Waals surface area contributed by atoms with Gasteiger partial charge in [-0.3, -0.25) is 9.36 Å². The maximum absolute atomic E-state index is 12.7. The minimum atomic E-state index is -0.322. The molecule has 0 amide bonds. The largest absolute Gasteiger partial charge is 0.489 e. The fourth-order valence-corrected chi connectivity index (χ4v) is 3.94. The molecule has 6 nitrogen and oxygen atoms in total. The molecule has 0 unspecified atom stereocenters. The monoisotopic (exact) mass is 466 g/mol. The summed E-state index contributed by atoms with van der Waals surface area (Å²) in [5, 5.41) is 22.2. The van der Waals surface area contributed by atoms with Crippen molar-refractivity contribution in [2.75, 3.05) is 13.2 Å². The predicted octanol–water partition coefficient (Wildman–Crippen LogP) is 3.47. The summed E-state index contributed by atoms with van der Waals surface area (Å²) >= 11 is 5.91. The number of aliphatic hydroxyl groups excluding tert-OH is 2.